The predicted octanol–water partition coefficient (Wildman–Crippen LogP) is 3.29. The standard InChI is InChI=1S/C13H17N/c1-2-4-12(5-3-1)14-13-9-10-6-7-11(13)8-10/h1-5,10-11,13-14H,6-9H2/t10-,11+,13?/m1/s1. The Morgan fingerprint density at radius 1 is 1.00 bits per heavy atom. The van der Waals surface area contributed by atoms with Gasteiger partial charge in [-0.25, -0.2) is 0 Å². The Balaban J connectivity index is 1.69. The Morgan fingerprint density at radius 3 is 2.50 bits per heavy atom. The molecule has 0 saturated heterocycles. The van der Waals surface area contributed by atoms with Crippen LogP contribution < -0.4 is 5.32 Å². The van der Waals surface area contributed by atoms with Crippen LogP contribution >= 0.6 is 0 Å². The van der Waals surface area contributed by atoms with E-state index in [1.165, 1.54) is 31.4 Å². The summed E-state index contributed by atoms with van der Waals surface area (Å²) in [5.74, 6) is 1.99. The highest BCUT2D eigenvalue weighted by Crippen LogP contribution is 2.45. The van der Waals surface area contributed by atoms with Crippen molar-refractivity contribution in [3.05, 3.63) is 30.3 Å². The number of hydrogen-bond donors (Lipinski definition) is 1. The van der Waals surface area contributed by atoms with Crippen LogP contribution in [0.5, 0.6) is 0 Å². The summed E-state index contributed by atoms with van der Waals surface area (Å²) in [5, 5.41) is 3.67. The summed E-state index contributed by atoms with van der Waals surface area (Å²) in [7, 11) is 0. The zero-order valence-corrected chi connectivity index (χ0v) is 8.45. The van der Waals surface area contributed by atoms with E-state index in [4.69, 9.17) is 0 Å². The lowest BCUT2D eigenvalue weighted by Crippen LogP contribution is -2.25. The van der Waals surface area contributed by atoms with Gasteiger partial charge in [-0.05, 0) is 43.2 Å². The lowest BCUT2D eigenvalue weighted by molar-refractivity contribution is 0.440. The summed E-state index contributed by atoms with van der Waals surface area (Å²) in [6.45, 7) is 0. The number of para-hydroxylation sites is 1. The second-order valence-electron chi connectivity index (χ2n) is 4.79. The number of nitrogens with one attached hydrogen (secondary N) is 1. The molecule has 2 aliphatic rings. The largest absolute Gasteiger partial charge is 0.382 e. The summed E-state index contributed by atoms with van der Waals surface area (Å²) in [4.78, 5) is 0. The molecule has 0 aliphatic heterocycles. The molecule has 3 rings (SSSR count). The van der Waals surface area contributed by atoms with Crippen LogP contribution in [-0.4, -0.2) is 6.04 Å². The van der Waals surface area contributed by atoms with E-state index in [1.807, 2.05) is 0 Å². The quantitative estimate of drug-likeness (QED) is 0.749. The van der Waals surface area contributed by atoms with E-state index in [-0.39, 0.29) is 0 Å². The minimum atomic E-state index is 0.760. The number of anilines is 1. The molecule has 14 heavy (non-hydrogen) atoms. The zero-order chi connectivity index (χ0) is 9.38. The molecule has 0 amide bonds. The molecule has 1 unspecified atom stereocenters. The zero-order valence-electron chi connectivity index (χ0n) is 8.45. The number of hydrogen-bond acceptors (Lipinski definition) is 1. The van der Waals surface area contributed by atoms with E-state index < -0.39 is 0 Å². The lowest BCUT2D eigenvalue weighted by atomic mass is 9.95. The normalized spacial score (nSPS) is 34.7. The third-order valence-electron chi connectivity index (χ3n) is 3.86. The molecule has 2 fully saturated rings. The first-order chi connectivity index (χ1) is 6.92. The van der Waals surface area contributed by atoms with Crippen molar-refractivity contribution in [3.8, 4) is 0 Å². The van der Waals surface area contributed by atoms with Crippen LogP contribution in [0, 0.1) is 11.8 Å². The third kappa shape index (κ3) is 1.41. The first kappa shape index (κ1) is 8.34. The Bertz CT molecular complexity index is 306. The Labute approximate surface area is 85.5 Å². The summed E-state index contributed by atoms with van der Waals surface area (Å²) < 4.78 is 0. The van der Waals surface area contributed by atoms with Crippen molar-refractivity contribution in [2.45, 2.75) is 31.7 Å². The van der Waals surface area contributed by atoms with Crippen LogP contribution in [0.1, 0.15) is 25.7 Å². The second kappa shape index (κ2) is 3.30. The average molecular weight is 187 g/mol. The molecular weight excluding hydrogens is 170 g/mol. The van der Waals surface area contributed by atoms with Crippen LogP contribution in [0.4, 0.5) is 5.69 Å². The van der Waals surface area contributed by atoms with E-state index >= 15 is 0 Å². The maximum atomic E-state index is 3.67. The maximum Gasteiger partial charge on any atom is 0.0342 e. The van der Waals surface area contributed by atoms with Gasteiger partial charge in [0, 0.05) is 11.7 Å². The number of fused-ring (bicyclic) bond motifs is 2. The van der Waals surface area contributed by atoms with Gasteiger partial charge in [-0.3, -0.25) is 0 Å². The van der Waals surface area contributed by atoms with Crippen molar-refractivity contribution in [3.63, 3.8) is 0 Å². The molecule has 2 saturated carbocycles. The van der Waals surface area contributed by atoms with Gasteiger partial charge >= 0.3 is 0 Å². The Hall–Kier alpha value is -0.980. The first-order valence-corrected chi connectivity index (χ1v) is 5.73. The van der Waals surface area contributed by atoms with Gasteiger partial charge in [-0.15, -0.1) is 0 Å². The molecule has 0 aromatic heterocycles. The molecule has 1 heteroatoms. The van der Waals surface area contributed by atoms with Crippen LogP contribution in [0.15, 0.2) is 30.3 Å². The Morgan fingerprint density at radius 2 is 1.86 bits per heavy atom. The van der Waals surface area contributed by atoms with Gasteiger partial charge in [0.15, 0.2) is 0 Å². The molecule has 1 N–H and O–H groups in total. The second-order valence-corrected chi connectivity index (χ2v) is 4.79. The summed E-state index contributed by atoms with van der Waals surface area (Å²) in [6, 6.07) is 11.4. The van der Waals surface area contributed by atoms with Crippen molar-refractivity contribution in [2.24, 2.45) is 11.8 Å². The summed E-state index contributed by atoms with van der Waals surface area (Å²) in [5.41, 5.74) is 1.30. The van der Waals surface area contributed by atoms with Crippen molar-refractivity contribution in [1.29, 1.82) is 0 Å². The predicted molar refractivity (Wildman–Crippen MR) is 59.3 cm³/mol. The van der Waals surface area contributed by atoms with Gasteiger partial charge < -0.3 is 5.32 Å². The average Bonchev–Trinajstić information content (AvgIpc) is 2.81. The smallest absolute Gasteiger partial charge is 0.0342 e. The van der Waals surface area contributed by atoms with Crippen LogP contribution in [0.25, 0.3) is 0 Å². The third-order valence-corrected chi connectivity index (χ3v) is 3.86. The molecule has 1 aromatic carbocycles. The molecule has 1 nitrogen and oxygen atoms in total. The molecule has 2 bridgehead atoms. The van der Waals surface area contributed by atoms with Crippen molar-refractivity contribution in [1.82, 2.24) is 0 Å². The molecule has 74 valence electrons. The van der Waals surface area contributed by atoms with Gasteiger partial charge in [0.25, 0.3) is 0 Å². The summed E-state index contributed by atoms with van der Waals surface area (Å²) >= 11 is 0. The van der Waals surface area contributed by atoms with E-state index in [2.05, 4.69) is 35.6 Å². The lowest BCUT2D eigenvalue weighted by Gasteiger charge is -2.23. The molecule has 2 aliphatic carbocycles. The van der Waals surface area contributed by atoms with Crippen LogP contribution in [0.3, 0.4) is 0 Å². The van der Waals surface area contributed by atoms with Crippen molar-refractivity contribution < 1.29 is 0 Å². The van der Waals surface area contributed by atoms with Gasteiger partial charge in [0.1, 0.15) is 0 Å². The van der Waals surface area contributed by atoms with E-state index in [9.17, 15) is 0 Å². The molecule has 0 spiro atoms. The summed E-state index contributed by atoms with van der Waals surface area (Å²) in [6.07, 6.45) is 5.82. The number of rotatable bonds is 2. The highest BCUT2D eigenvalue weighted by atomic mass is 14.9. The maximum absolute atomic E-state index is 3.67. The van der Waals surface area contributed by atoms with E-state index in [0.717, 1.165) is 17.9 Å². The van der Waals surface area contributed by atoms with Crippen molar-refractivity contribution in [2.75, 3.05) is 5.32 Å². The monoisotopic (exact) mass is 187 g/mol. The molecule has 0 radical (unpaired) electrons. The number of benzene rings is 1. The highest BCUT2D eigenvalue weighted by molar-refractivity contribution is 5.44. The van der Waals surface area contributed by atoms with Gasteiger partial charge in [-0.1, -0.05) is 24.6 Å². The SMILES string of the molecule is c1ccc(NC2C[C@@H]3CC[C@H]2C3)cc1. The van der Waals surface area contributed by atoms with Gasteiger partial charge in [-0.2, -0.15) is 0 Å². The molecular formula is C13H17N. The van der Waals surface area contributed by atoms with Crippen molar-refractivity contribution >= 4 is 5.69 Å². The fraction of sp³-hybridized carbons (Fsp3) is 0.538. The minimum absolute atomic E-state index is 0.760. The fourth-order valence-electron chi connectivity index (χ4n) is 3.17. The highest BCUT2D eigenvalue weighted by Gasteiger charge is 2.39. The van der Waals surface area contributed by atoms with Gasteiger partial charge in [0.2, 0.25) is 0 Å². The minimum Gasteiger partial charge on any atom is -0.382 e. The van der Waals surface area contributed by atoms with Gasteiger partial charge in [0.05, 0.1) is 0 Å². The van der Waals surface area contributed by atoms with Crippen LogP contribution in [-0.2, 0) is 0 Å². The van der Waals surface area contributed by atoms with E-state index in [0.29, 0.717) is 0 Å². The van der Waals surface area contributed by atoms with E-state index in [1.54, 1.807) is 0 Å². The topological polar surface area (TPSA) is 12.0 Å². The van der Waals surface area contributed by atoms with Crippen LogP contribution in [0.2, 0.25) is 0 Å². The molecule has 1 aromatic rings. The first-order valence-electron chi connectivity index (χ1n) is 5.73. The fourth-order valence-corrected chi connectivity index (χ4v) is 3.17. The molecule has 3 atom stereocenters. The Kier molecular flexibility index (Phi) is 1.97. The molecule has 0 heterocycles.